The predicted octanol–water partition coefficient (Wildman–Crippen LogP) is 1.63. The average molecular weight is 215 g/mol. The first-order valence-corrected chi connectivity index (χ1v) is 5.28. The SMILES string of the molecule is CCCC1CCN(C(=O)O)C(C(=O)O)C1. The normalized spacial score (nSPS) is 26.3. The molecule has 1 heterocycles. The Morgan fingerprint density at radius 3 is 2.53 bits per heavy atom. The van der Waals surface area contributed by atoms with E-state index in [1.807, 2.05) is 0 Å². The summed E-state index contributed by atoms with van der Waals surface area (Å²) in [6.45, 7) is 2.40. The highest BCUT2D eigenvalue weighted by Crippen LogP contribution is 2.26. The quantitative estimate of drug-likeness (QED) is 0.750. The number of piperidine rings is 1. The van der Waals surface area contributed by atoms with Crippen LogP contribution in [0.5, 0.6) is 0 Å². The first-order valence-electron chi connectivity index (χ1n) is 5.28. The van der Waals surface area contributed by atoms with E-state index in [0.717, 1.165) is 24.2 Å². The summed E-state index contributed by atoms with van der Waals surface area (Å²) in [6, 6.07) is -0.854. The summed E-state index contributed by atoms with van der Waals surface area (Å²) < 4.78 is 0. The van der Waals surface area contributed by atoms with Crippen LogP contribution in [0, 0.1) is 5.92 Å². The minimum atomic E-state index is -1.13. The monoisotopic (exact) mass is 215 g/mol. The summed E-state index contributed by atoms with van der Waals surface area (Å²) in [4.78, 5) is 22.7. The minimum absolute atomic E-state index is 0.344. The molecule has 1 fully saturated rings. The molecular formula is C10H17NO4. The molecule has 0 aromatic rings. The highest BCUT2D eigenvalue weighted by molar-refractivity contribution is 5.79. The molecule has 1 aliphatic rings. The lowest BCUT2D eigenvalue weighted by atomic mass is 9.88. The van der Waals surface area contributed by atoms with Crippen molar-refractivity contribution in [1.82, 2.24) is 4.90 Å². The maximum atomic E-state index is 10.9. The van der Waals surface area contributed by atoms with E-state index in [1.54, 1.807) is 0 Å². The van der Waals surface area contributed by atoms with Gasteiger partial charge < -0.3 is 10.2 Å². The predicted molar refractivity (Wildman–Crippen MR) is 53.8 cm³/mol. The molecule has 0 bridgehead atoms. The van der Waals surface area contributed by atoms with Gasteiger partial charge in [0, 0.05) is 6.54 Å². The smallest absolute Gasteiger partial charge is 0.408 e. The fraction of sp³-hybridized carbons (Fsp3) is 0.800. The Morgan fingerprint density at radius 2 is 2.07 bits per heavy atom. The minimum Gasteiger partial charge on any atom is -0.480 e. The van der Waals surface area contributed by atoms with Crippen molar-refractivity contribution in [1.29, 1.82) is 0 Å². The van der Waals surface area contributed by atoms with E-state index in [9.17, 15) is 9.59 Å². The molecule has 0 aromatic heterocycles. The van der Waals surface area contributed by atoms with Crippen molar-refractivity contribution in [3.8, 4) is 0 Å². The van der Waals surface area contributed by atoms with Crippen LogP contribution in [0.15, 0.2) is 0 Å². The number of aliphatic carboxylic acids is 1. The number of carboxylic acids is 1. The summed E-state index contributed by atoms with van der Waals surface area (Å²) in [6.07, 6.45) is 2.11. The van der Waals surface area contributed by atoms with Gasteiger partial charge in [0.05, 0.1) is 0 Å². The van der Waals surface area contributed by atoms with Gasteiger partial charge >= 0.3 is 12.1 Å². The van der Waals surface area contributed by atoms with Crippen molar-refractivity contribution in [3.05, 3.63) is 0 Å². The van der Waals surface area contributed by atoms with E-state index in [0.29, 0.717) is 18.9 Å². The maximum Gasteiger partial charge on any atom is 0.408 e. The van der Waals surface area contributed by atoms with Crippen molar-refractivity contribution in [2.24, 2.45) is 5.92 Å². The highest BCUT2D eigenvalue weighted by Gasteiger charge is 2.35. The molecule has 0 radical (unpaired) electrons. The number of carboxylic acid groups (broad SMARTS) is 2. The van der Waals surface area contributed by atoms with E-state index >= 15 is 0 Å². The maximum absolute atomic E-state index is 10.9. The second-order valence-electron chi connectivity index (χ2n) is 4.01. The molecule has 0 aromatic carbocycles. The number of amides is 1. The largest absolute Gasteiger partial charge is 0.480 e. The van der Waals surface area contributed by atoms with E-state index in [2.05, 4.69) is 6.92 Å². The lowest BCUT2D eigenvalue weighted by Gasteiger charge is -2.35. The summed E-state index contributed by atoms with van der Waals surface area (Å²) in [7, 11) is 0. The van der Waals surface area contributed by atoms with Crippen LogP contribution in [-0.2, 0) is 4.79 Å². The van der Waals surface area contributed by atoms with Gasteiger partial charge in [0.1, 0.15) is 6.04 Å². The molecule has 5 heteroatoms. The molecule has 5 nitrogen and oxygen atoms in total. The Kier molecular flexibility index (Phi) is 3.94. The Bertz CT molecular complexity index is 254. The molecule has 2 atom stereocenters. The van der Waals surface area contributed by atoms with Gasteiger partial charge in [-0.2, -0.15) is 0 Å². The van der Waals surface area contributed by atoms with Crippen LogP contribution in [0.1, 0.15) is 32.6 Å². The molecule has 0 aliphatic carbocycles. The van der Waals surface area contributed by atoms with Crippen molar-refractivity contribution in [2.45, 2.75) is 38.6 Å². The fourth-order valence-electron chi connectivity index (χ4n) is 2.17. The number of hydrogen-bond acceptors (Lipinski definition) is 2. The standard InChI is InChI=1S/C10H17NO4/c1-2-3-7-4-5-11(10(14)15)8(6-7)9(12)13/h7-8H,2-6H2,1H3,(H,12,13)(H,14,15). The van der Waals surface area contributed by atoms with Gasteiger partial charge in [0.15, 0.2) is 0 Å². The molecule has 2 N–H and O–H groups in total. The van der Waals surface area contributed by atoms with Crippen LogP contribution in [0.3, 0.4) is 0 Å². The highest BCUT2D eigenvalue weighted by atomic mass is 16.4. The molecule has 1 saturated heterocycles. The fourth-order valence-corrected chi connectivity index (χ4v) is 2.17. The van der Waals surface area contributed by atoms with Crippen molar-refractivity contribution in [2.75, 3.05) is 6.54 Å². The zero-order valence-electron chi connectivity index (χ0n) is 8.85. The van der Waals surface area contributed by atoms with Gasteiger partial charge in [-0.25, -0.2) is 9.59 Å². The average Bonchev–Trinajstić information content (AvgIpc) is 2.17. The number of hydrogen-bond donors (Lipinski definition) is 2. The number of rotatable bonds is 3. The lowest BCUT2D eigenvalue weighted by molar-refractivity contribution is -0.144. The van der Waals surface area contributed by atoms with Gasteiger partial charge in [-0.15, -0.1) is 0 Å². The number of carbonyl (C=O) groups is 2. The zero-order valence-corrected chi connectivity index (χ0v) is 8.85. The van der Waals surface area contributed by atoms with E-state index < -0.39 is 18.1 Å². The second kappa shape index (κ2) is 5.00. The van der Waals surface area contributed by atoms with Crippen molar-refractivity contribution < 1.29 is 19.8 Å². The summed E-state index contributed by atoms with van der Waals surface area (Å²) in [5, 5.41) is 17.8. The van der Waals surface area contributed by atoms with E-state index in [4.69, 9.17) is 10.2 Å². The second-order valence-corrected chi connectivity index (χ2v) is 4.01. The number of likely N-dealkylation sites (tertiary alicyclic amines) is 1. The molecule has 1 aliphatic heterocycles. The van der Waals surface area contributed by atoms with Crippen LogP contribution in [0.4, 0.5) is 4.79 Å². The van der Waals surface area contributed by atoms with E-state index in [1.165, 1.54) is 0 Å². The first-order chi connectivity index (χ1) is 7.06. The summed E-state index contributed by atoms with van der Waals surface area (Å²) in [5.41, 5.74) is 0. The molecule has 1 amide bonds. The van der Waals surface area contributed by atoms with Crippen LogP contribution < -0.4 is 0 Å². The van der Waals surface area contributed by atoms with Crippen LogP contribution in [0.2, 0.25) is 0 Å². The molecule has 2 unspecified atom stereocenters. The van der Waals surface area contributed by atoms with Gasteiger partial charge in [-0.3, -0.25) is 4.90 Å². The Labute approximate surface area is 88.7 Å². The Morgan fingerprint density at radius 1 is 1.40 bits per heavy atom. The van der Waals surface area contributed by atoms with Gasteiger partial charge in [-0.1, -0.05) is 19.8 Å². The summed E-state index contributed by atoms with van der Waals surface area (Å²) in [5.74, 6) is -0.676. The van der Waals surface area contributed by atoms with Gasteiger partial charge in [-0.05, 0) is 18.8 Å². The molecule has 15 heavy (non-hydrogen) atoms. The Balaban J connectivity index is 2.65. The third-order valence-corrected chi connectivity index (χ3v) is 2.94. The molecular weight excluding hydrogens is 198 g/mol. The first kappa shape index (κ1) is 11.8. The Hall–Kier alpha value is -1.26. The third kappa shape index (κ3) is 2.84. The molecule has 86 valence electrons. The van der Waals surface area contributed by atoms with Gasteiger partial charge in [0.25, 0.3) is 0 Å². The van der Waals surface area contributed by atoms with E-state index in [-0.39, 0.29) is 0 Å². The van der Waals surface area contributed by atoms with Crippen LogP contribution in [0.25, 0.3) is 0 Å². The lowest BCUT2D eigenvalue weighted by Crippen LogP contribution is -2.49. The van der Waals surface area contributed by atoms with Crippen molar-refractivity contribution in [3.63, 3.8) is 0 Å². The molecule has 1 rings (SSSR count). The van der Waals surface area contributed by atoms with Crippen LogP contribution >= 0.6 is 0 Å². The molecule has 0 spiro atoms. The van der Waals surface area contributed by atoms with Gasteiger partial charge in [0.2, 0.25) is 0 Å². The zero-order chi connectivity index (χ0) is 11.4. The van der Waals surface area contributed by atoms with Crippen LogP contribution in [-0.4, -0.2) is 39.8 Å². The third-order valence-electron chi connectivity index (χ3n) is 2.94. The van der Waals surface area contributed by atoms with Crippen molar-refractivity contribution >= 4 is 12.1 Å². The summed E-state index contributed by atoms with van der Waals surface area (Å²) >= 11 is 0. The number of nitrogens with zero attached hydrogens (tertiary/aromatic N) is 1. The molecule has 0 saturated carbocycles. The topological polar surface area (TPSA) is 77.8 Å².